The number of ether oxygens (including phenoxy) is 2. The van der Waals surface area contributed by atoms with Crippen molar-refractivity contribution in [2.45, 2.75) is 67.4 Å². The maximum absolute atomic E-state index is 13.5. The quantitative estimate of drug-likeness (QED) is 0.322. The van der Waals surface area contributed by atoms with Gasteiger partial charge in [-0.05, 0) is 73.6 Å². The highest BCUT2D eigenvalue weighted by molar-refractivity contribution is 7.89. The number of pyridine rings is 1. The number of piperazine rings is 1. The fourth-order valence-electron chi connectivity index (χ4n) is 6.01. The fraction of sp³-hybridized carbons (Fsp3) is 0.400. The van der Waals surface area contributed by atoms with Crippen LogP contribution in [0, 0.1) is 0 Å². The van der Waals surface area contributed by atoms with Crippen molar-refractivity contribution in [1.82, 2.24) is 14.2 Å². The van der Waals surface area contributed by atoms with Gasteiger partial charge < -0.3 is 14.4 Å². The second-order valence-corrected chi connectivity index (χ2v) is 13.5. The summed E-state index contributed by atoms with van der Waals surface area (Å²) < 4.78 is 41.4. The number of hydrogen-bond donors (Lipinski definition) is 0. The number of para-hydroxylation sites is 1. The van der Waals surface area contributed by atoms with Gasteiger partial charge in [0, 0.05) is 53.7 Å². The molecule has 208 valence electrons. The summed E-state index contributed by atoms with van der Waals surface area (Å²) in [6.45, 7) is 0.919. The molecule has 2 saturated heterocycles. The number of fused-ring (bicyclic) bond motifs is 2. The molecule has 4 aliphatic rings. The summed E-state index contributed by atoms with van der Waals surface area (Å²) in [5, 5.41) is 0.458. The van der Waals surface area contributed by atoms with Crippen LogP contribution in [-0.4, -0.2) is 60.3 Å². The number of carbonyl (C=O) groups is 1. The van der Waals surface area contributed by atoms with Crippen molar-refractivity contribution in [3.8, 4) is 16.9 Å². The van der Waals surface area contributed by atoms with E-state index in [2.05, 4.69) is 11.1 Å². The van der Waals surface area contributed by atoms with Gasteiger partial charge in [-0.25, -0.2) is 8.42 Å². The molecule has 7 rings (SSSR count). The van der Waals surface area contributed by atoms with E-state index in [0.717, 1.165) is 54.5 Å². The first-order valence-corrected chi connectivity index (χ1v) is 15.6. The van der Waals surface area contributed by atoms with Crippen molar-refractivity contribution < 1.29 is 22.7 Å². The lowest BCUT2D eigenvalue weighted by molar-refractivity contribution is -0.119. The second-order valence-electron chi connectivity index (χ2n) is 11.2. The van der Waals surface area contributed by atoms with Crippen molar-refractivity contribution >= 4 is 28.0 Å². The molecule has 2 saturated carbocycles. The van der Waals surface area contributed by atoms with E-state index < -0.39 is 15.6 Å². The van der Waals surface area contributed by atoms with Crippen molar-refractivity contribution in [3.05, 3.63) is 77.1 Å². The maximum Gasteiger partial charge on any atom is 0.243 e. The van der Waals surface area contributed by atoms with E-state index in [-0.39, 0.29) is 29.7 Å². The molecule has 1 aromatic heterocycles. The van der Waals surface area contributed by atoms with Crippen LogP contribution < -0.4 is 4.74 Å². The highest BCUT2D eigenvalue weighted by Crippen LogP contribution is 2.53. The smallest absolute Gasteiger partial charge is 0.243 e. The first-order chi connectivity index (χ1) is 19.4. The summed E-state index contributed by atoms with van der Waals surface area (Å²) in [6.07, 6.45) is 9.24. The van der Waals surface area contributed by atoms with Gasteiger partial charge in [-0.15, -0.1) is 0 Å². The van der Waals surface area contributed by atoms with E-state index in [9.17, 15) is 13.2 Å². The standard InChI is InChI=1S/C30H30ClN3O5S/c31-28-8-7-24(40(36,37)34-17-21-14-22(34)16-33(21)19-35)13-20(28)18-38-30(10-11-30)27-15-32-12-9-25(27)26-3-1-2-4-29(26)39-23-5-6-23/h1-4,7-9,12-13,15,19,21-23H,5-6,10-11,14,16-18H2/t21-,22?/m0/s1. The van der Waals surface area contributed by atoms with E-state index in [0.29, 0.717) is 30.1 Å². The number of aromatic nitrogens is 1. The summed E-state index contributed by atoms with van der Waals surface area (Å²) in [4.78, 5) is 17.5. The number of halogens is 1. The maximum atomic E-state index is 13.5. The van der Waals surface area contributed by atoms with Gasteiger partial charge in [0.1, 0.15) is 5.75 Å². The Morgan fingerprint density at radius 2 is 1.88 bits per heavy atom. The molecule has 4 fully saturated rings. The van der Waals surface area contributed by atoms with Gasteiger partial charge in [-0.1, -0.05) is 29.8 Å². The summed E-state index contributed by atoms with van der Waals surface area (Å²) in [5.74, 6) is 0.862. The van der Waals surface area contributed by atoms with Crippen LogP contribution in [-0.2, 0) is 31.8 Å². The number of likely N-dealkylation sites (tertiary alicyclic amines) is 1. The van der Waals surface area contributed by atoms with Crippen LogP contribution in [0.2, 0.25) is 5.02 Å². The molecule has 2 bridgehead atoms. The summed E-state index contributed by atoms with van der Waals surface area (Å²) in [5.41, 5.74) is 3.13. The lowest BCUT2D eigenvalue weighted by atomic mass is 9.96. The van der Waals surface area contributed by atoms with Crippen molar-refractivity contribution in [2.75, 3.05) is 13.1 Å². The molecule has 2 atom stereocenters. The molecule has 3 heterocycles. The fourth-order valence-corrected chi connectivity index (χ4v) is 7.90. The van der Waals surface area contributed by atoms with Crippen LogP contribution in [0.1, 0.15) is 43.2 Å². The zero-order chi connectivity index (χ0) is 27.5. The number of hydrogen-bond acceptors (Lipinski definition) is 6. The van der Waals surface area contributed by atoms with E-state index in [1.54, 1.807) is 29.3 Å². The van der Waals surface area contributed by atoms with Crippen LogP contribution in [0.25, 0.3) is 11.1 Å². The molecule has 1 amide bonds. The van der Waals surface area contributed by atoms with Crippen molar-refractivity contribution in [3.63, 3.8) is 0 Å². The molecule has 3 aromatic rings. The molecular formula is C30H30ClN3O5S. The average molecular weight is 580 g/mol. The first kappa shape index (κ1) is 26.0. The molecule has 1 unspecified atom stereocenters. The van der Waals surface area contributed by atoms with Gasteiger partial charge in [-0.2, -0.15) is 4.31 Å². The van der Waals surface area contributed by atoms with Crippen molar-refractivity contribution in [2.24, 2.45) is 0 Å². The van der Waals surface area contributed by atoms with Gasteiger partial charge in [0.25, 0.3) is 0 Å². The van der Waals surface area contributed by atoms with Gasteiger partial charge in [0.15, 0.2) is 0 Å². The lowest BCUT2D eigenvalue weighted by Gasteiger charge is -2.31. The highest BCUT2D eigenvalue weighted by Gasteiger charge is 2.49. The van der Waals surface area contributed by atoms with E-state index in [4.69, 9.17) is 21.1 Å². The Bertz CT molecular complexity index is 1570. The van der Waals surface area contributed by atoms with Gasteiger partial charge in [-0.3, -0.25) is 9.78 Å². The topological polar surface area (TPSA) is 89.0 Å². The number of amides is 1. The van der Waals surface area contributed by atoms with Crippen LogP contribution in [0.4, 0.5) is 0 Å². The normalized spacial score (nSPS) is 23.4. The molecule has 8 nitrogen and oxygen atoms in total. The van der Waals surface area contributed by atoms with Gasteiger partial charge >= 0.3 is 0 Å². The number of nitrogens with zero attached hydrogens (tertiary/aromatic N) is 3. The molecule has 0 N–H and O–H groups in total. The minimum atomic E-state index is -3.73. The average Bonchev–Trinajstić information content (AvgIpc) is 3.88. The SMILES string of the molecule is O=CN1CC2C[C@H]1CN2S(=O)(=O)c1ccc(Cl)c(COC2(c3cnccc3-c3ccccc3OC3CC3)CC2)c1. The van der Waals surface area contributed by atoms with Crippen LogP contribution >= 0.6 is 11.6 Å². The van der Waals surface area contributed by atoms with Crippen LogP contribution in [0.3, 0.4) is 0 Å². The summed E-state index contributed by atoms with van der Waals surface area (Å²) >= 11 is 6.54. The Morgan fingerprint density at radius 3 is 2.60 bits per heavy atom. The van der Waals surface area contributed by atoms with E-state index >= 15 is 0 Å². The largest absolute Gasteiger partial charge is 0.490 e. The Hall–Kier alpha value is -2.98. The Kier molecular flexibility index (Phi) is 6.38. The monoisotopic (exact) mass is 579 g/mol. The number of sulfonamides is 1. The van der Waals surface area contributed by atoms with Crippen molar-refractivity contribution in [1.29, 1.82) is 0 Å². The molecule has 0 spiro atoms. The van der Waals surface area contributed by atoms with E-state index in [1.165, 1.54) is 4.31 Å². The Labute approximate surface area is 238 Å². The first-order valence-electron chi connectivity index (χ1n) is 13.7. The third kappa shape index (κ3) is 4.59. The molecule has 10 heteroatoms. The molecule has 2 aliphatic carbocycles. The third-order valence-corrected chi connectivity index (χ3v) is 10.8. The van der Waals surface area contributed by atoms with E-state index in [1.807, 2.05) is 30.5 Å². The number of rotatable bonds is 10. The Morgan fingerprint density at radius 1 is 1.05 bits per heavy atom. The predicted molar refractivity (Wildman–Crippen MR) is 149 cm³/mol. The molecule has 0 radical (unpaired) electrons. The molecular weight excluding hydrogens is 550 g/mol. The minimum absolute atomic E-state index is 0.0596. The summed E-state index contributed by atoms with van der Waals surface area (Å²) in [6, 6.07) is 14.6. The number of carbonyl (C=O) groups excluding carboxylic acids is 1. The van der Waals surface area contributed by atoms with Crippen LogP contribution in [0.5, 0.6) is 5.75 Å². The molecule has 40 heavy (non-hydrogen) atoms. The number of benzene rings is 2. The Balaban J connectivity index is 1.13. The van der Waals surface area contributed by atoms with Gasteiger partial charge in [0.05, 0.1) is 23.2 Å². The third-order valence-electron chi connectivity index (χ3n) is 8.51. The second kappa shape index (κ2) is 9.83. The zero-order valence-electron chi connectivity index (χ0n) is 21.9. The predicted octanol–water partition coefficient (Wildman–Crippen LogP) is 4.75. The summed E-state index contributed by atoms with van der Waals surface area (Å²) in [7, 11) is -3.73. The highest BCUT2D eigenvalue weighted by atomic mass is 35.5. The van der Waals surface area contributed by atoms with Gasteiger partial charge in [0.2, 0.25) is 16.4 Å². The molecule has 2 aromatic carbocycles. The minimum Gasteiger partial charge on any atom is -0.490 e. The van der Waals surface area contributed by atoms with Crippen LogP contribution in [0.15, 0.2) is 65.8 Å². The molecule has 2 aliphatic heterocycles. The lowest BCUT2D eigenvalue weighted by Crippen LogP contribution is -2.48. The zero-order valence-corrected chi connectivity index (χ0v) is 23.5.